The van der Waals surface area contributed by atoms with Crippen LogP contribution in [0.1, 0.15) is 50.2 Å². The van der Waals surface area contributed by atoms with Crippen LogP contribution in [0.3, 0.4) is 0 Å². The number of aromatic nitrogens is 1. The maximum absolute atomic E-state index is 14.2. The summed E-state index contributed by atoms with van der Waals surface area (Å²) in [4.78, 5) is 25.6. The summed E-state index contributed by atoms with van der Waals surface area (Å²) < 4.78 is 41.9. The molecule has 0 aliphatic heterocycles. The largest absolute Gasteiger partial charge is 0.478 e. The lowest BCUT2D eigenvalue weighted by atomic mass is 9.97. The van der Waals surface area contributed by atoms with Gasteiger partial charge in [0.05, 0.1) is 27.7 Å². The van der Waals surface area contributed by atoms with Crippen LogP contribution in [-0.2, 0) is 18.3 Å². The van der Waals surface area contributed by atoms with Crippen LogP contribution in [0.4, 0.5) is 13.2 Å². The molecule has 6 aromatic rings. The Kier molecular flexibility index (Phi) is 7.43. The predicted octanol–water partition coefficient (Wildman–Crippen LogP) is 9.16. The second kappa shape index (κ2) is 11.6. The number of fused-ring (bicyclic) bond motifs is 1. The normalized spacial score (nSPS) is 13.8. The molecule has 5 nitrogen and oxygen atoms in total. The van der Waals surface area contributed by atoms with Gasteiger partial charge < -0.3 is 15.0 Å². The highest BCUT2D eigenvalue weighted by molar-refractivity contribution is 6.08. The van der Waals surface area contributed by atoms with E-state index < -0.39 is 23.2 Å². The molecule has 234 valence electrons. The fourth-order valence-corrected chi connectivity index (χ4v) is 6.18. The second-order valence-electron chi connectivity index (χ2n) is 12.0. The molecule has 0 bridgehead atoms. The van der Waals surface area contributed by atoms with E-state index in [9.17, 15) is 27.9 Å². The molecule has 1 aliphatic rings. The third-order valence-corrected chi connectivity index (χ3v) is 8.83. The average Bonchev–Trinajstić information content (AvgIpc) is 3.76. The maximum Gasteiger partial charge on any atom is 0.416 e. The van der Waals surface area contributed by atoms with Crippen molar-refractivity contribution in [3.63, 3.8) is 0 Å². The Bertz CT molecular complexity index is 2110. The molecular formula is C39H29F3N2O3. The Morgan fingerprint density at radius 1 is 0.745 bits per heavy atom. The van der Waals surface area contributed by atoms with E-state index in [2.05, 4.69) is 29.6 Å². The van der Waals surface area contributed by atoms with Gasteiger partial charge in [0, 0.05) is 18.1 Å². The number of hydrogen-bond acceptors (Lipinski definition) is 2. The summed E-state index contributed by atoms with van der Waals surface area (Å²) in [5.41, 5.74) is 5.11. The lowest BCUT2D eigenvalue weighted by Gasteiger charge is -2.20. The molecule has 1 aliphatic carbocycles. The molecule has 5 aromatic carbocycles. The van der Waals surface area contributed by atoms with E-state index in [-0.39, 0.29) is 11.5 Å². The smallest absolute Gasteiger partial charge is 0.416 e. The number of rotatable bonds is 8. The minimum atomic E-state index is -4.45. The van der Waals surface area contributed by atoms with Gasteiger partial charge in [-0.1, -0.05) is 72.8 Å². The zero-order valence-electron chi connectivity index (χ0n) is 25.1. The molecule has 1 aromatic heterocycles. The van der Waals surface area contributed by atoms with E-state index in [0.717, 1.165) is 39.8 Å². The van der Waals surface area contributed by atoms with Gasteiger partial charge in [0.25, 0.3) is 5.91 Å². The number of halogens is 3. The number of carbonyl (C=O) groups excluding carboxylic acids is 1. The number of aromatic carboxylic acids is 1. The van der Waals surface area contributed by atoms with E-state index >= 15 is 0 Å². The number of alkyl halides is 3. The van der Waals surface area contributed by atoms with Crippen molar-refractivity contribution in [2.75, 3.05) is 0 Å². The van der Waals surface area contributed by atoms with Crippen LogP contribution in [0.2, 0.25) is 0 Å². The number of carboxylic acid groups (broad SMARTS) is 1. The summed E-state index contributed by atoms with van der Waals surface area (Å²) in [7, 11) is 0. The summed E-state index contributed by atoms with van der Waals surface area (Å²) >= 11 is 0. The van der Waals surface area contributed by atoms with E-state index in [1.54, 1.807) is 18.2 Å². The lowest BCUT2D eigenvalue weighted by molar-refractivity contribution is -0.137. The van der Waals surface area contributed by atoms with Crippen LogP contribution in [0.5, 0.6) is 0 Å². The van der Waals surface area contributed by atoms with E-state index in [1.807, 2.05) is 53.2 Å². The Hall–Kier alpha value is -5.63. The van der Waals surface area contributed by atoms with E-state index in [4.69, 9.17) is 0 Å². The number of nitrogens with one attached hydrogen (secondary N) is 1. The highest BCUT2D eigenvalue weighted by atomic mass is 19.4. The average molecular weight is 631 g/mol. The quantitative estimate of drug-likeness (QED) is 0.176. The van der Waals surface area contributed by atoms with Crippen molar-refractivity contribution in [2.24, 2.45) is 0 Å². The van der Waals surface area contributed by atoms with Crippen LogP contribution in [-0.4, -0.2) is 21.6 Å². The molecule has 8 heteroatoms. The summed E-state index contributed by atoms with van der Waals surface area (Å²) in [6.45, 7) is 0.492. The first-order chi connectivity index (χ1) is 22.6. The Balaban J connectivity index is 1.28. The first-order valence-corrected chi connectivity index (χ1v) is 15.2. The van der Waals surface area contributed by atoms with Gasteiger partial charge in [-0.3, -0.25) is 4.79 Å². The Morgan fingerprint density at radius 2 is 1.43 bits per heavy atom. The van der Waals surface area contributed by atoms with Gasteiger partial charge in [0.15, 0.2) is 0 Å². The first kappa shape index (κ1) is 30.0. The van der Waals surface area contributed by atoms with Crippen molar-refractivity contribution >= 4 is 22.8 Å². The number of amides is 1. The molecule has 1 amide bonds. The molecule has 0 spiro atoms. The number of carbonyl (C=O) groups is 2. The Morgan fingerprint density at radius 3 is 2.09 bits per heavy atom. The van der Waals surface area contributed by atoms with Gasteiger partial charge in [-0.15, -0.1) is 0 Å². The third kappa shape index (κ3) is 6.02. The molecule has 47 heavy (non-hydrogen) atoms. The molecule has 2 N–H and O–H groups in total. The highest BCUT2D eigenvalue weighted by Crippen LogP contribution is 2.46. The predicted molar refractivity (Wildman–Crippen MR) is 175 cm³/mol. The monoisotopic (exact) mass is 630 g/mol. The molecule has 1 saturated carbocycles. The van der Waals surface area contributed by atoms with Crippen molar-refractivity contribution in [3.8, 4) is 22.3 Å². The number of hydrogen-bond donors (Lipinski definition) is 2. The fraction of sp³-hybridized carbons (Fsp3) is 0.128. The molecule has 0 saturated heterocycles. The molecule has 7 rings (SSSR count). The molecule has 0 unspecified atom stereocenters. The maximum atomic E-state index is 14.2. The van der Waals surface area contributed by atoms with Gasteiger partial charge in [-0.05, 0) is 94.8 Å². The number of nitrogens with zero attached hydrogens (tertiary/aromatic N) is 1. The SMILES string of the molecule is O=C(O)c1ccc(C2(NC(=O)c3cc(-c4ccc(C(F)(F)F)cc4)cc4ccn(Cc5cccc(-c6ccccc6)c5)c34)CC2)cc1. The van der Waals surface area contributed by atoms with Gasteiger partial charge in [-0.2, -0.15) is 13.2 Å². The third-order valence-electron chi connectivity index (χ3n) is 8.83. The number of benzene rings is 5. The van der Waals surface area contributed by atoms with Crippen molar-refractivity contribution in [2.45, 2.75) is 31.1 Å². The van der Waals surface area contributed by atoms with Crippen molar-refractivity contribution in [3.05, 3.63) is 155 Å². The van der Waals surface area contributed by atoms with Crippen LogP contribution in [0, 0.1) is 0 Å². The van der Waals surface area contributed by atoms with E-state index in [1.165, 1.54) is 24.3 Å². The lowest BCUT2D eigenvalue weighted by Crippen LogP contribution is -2.35. The van der Waals surface area contributed by atoms with Crippen molar-refractivity contribution < 1.29 is 27.9 Å². The first-order valence-electron chi connectivity index (χ1n) is 15.2. The minimum absolute atomic E-state index is 0.163. The summed E-state index contributed by atoms with van der Waals surface area (Å²) in [6, 6.07) is 35.3. The summed E-state index contributed by atoms with van der Waals surface area (Å²) in [5, 5.41) is 13.3. The zero-order chi connectivity index (χ0) is 32.8. The van der Waals surface area contributed by atoms with Gasteiger partial charge >= 0.3 is 12.1 Å². The standard InChI is InChI=1S/C39H29F3N2O3/c40-39(41,42)33-15-9-27(10-16-33)31-22-30-17-20-44(24-25-5-4-8-29(21-25)26-6-2-1-3-7-26)35(30)34(23-31)36(45)43-38(18-19-38)32-13-11-28(12-14-32)37(46)47/h1-17,20-23H,18-19,24H2,(H,43,45)(H,46,47). The van der Waals surface area contributed by atoms with Gasteiger partial charge in [0.1, 0.15) is 0 Å². The molecule has 1 fully saturated rings. The molecular weight excluding hydrogens is 601 g/mol. The second-order valence-corrected chi connectivity index (χ2v) is 12.0. The van der Waals surface area contributed by atoms with Gasteiger partial charge in [0.2, 0.25) is 0 Å². The molecule has 0 atom stereocenters. The van der Waals surface area contributed by atoms with Gasteiger partial charge in [-0.25, -0.2) is 4.79 Å². The topological polar surface area (TPSA) is 71.3 Å². The fourth-order valence-electron chi connectivity index (χ4n) is 6.18. The van der Waals surface area contributed by atoms with Crippen LogP contribution < -0.4 is 5.32 Å². The van der Waals surface area contributed by atoms with Crippen molar-refractivity contribution in [1.29, 1.82) is 0 Å². The molecule has 0 radical (unpaired) electrons. The summed E-state index contributed by atoms with van der Waals surface area (Å²) in [6.07, 6.45) is -1.14. The molecule has 1 heterocycles. The highest BCUT2D eigenvalue weighted by Gasteiger charge is 2.46. The number of carboxylic acids is 1. The zero-order valence-corrected chi connectivity index (χ0v) is 25.1. The summed E-state index contributed by atoms with van der Waals surface area (Å²) in [5.74, 6) is -1.34. The van der Waals surface area contributed by atoms with Crippen LogP contribution in [0.25, 0.3) is 33.2 Å². The van der Waals surface area contributed by atoms with Crippen LogP contribution >= 0.6 is 0 Å². The Labute approximate surface area is 268 Å². The van der Waals surface area contributed by atoms with Crippen LogP contribution in [0.15, 0.2) is 128 Å². The van der Waals surface area contributed by atoms with E-state index in [0.29, 0.717) is 41.6 Å². The minimum Gasteiger partial charge on any atom is -0.478 e. The van der Waals surface area contributed by atoms with Crippen molar-refractivity contribution in [1.82, 2.24) is 9.88 Å².